The predicted octanol–water partition coefficient (Wildman–Crippen LogP) is 2.50. The Morgan fingerprint density at radius 1 is 1.43 bits per heavy atom. The molecule has 1 saturated carbocycles. The zero-order valence-electron chi connectivity index (χ0n) is 9.31. The number of nitrogens with one attached hydrogen (secondary N) is 1. The smallest absolute Gasteiger partial charge is 0.128 e. The second kappa shape index (κ2) is 5.38. The van der Waals surface area contributed by atoms with Crippen molar-refractivity contribution in [3.8, 4) is 12.3 Å². The van der Waals surface area contributed by atoms with Gasteiger partial charge in [0.2, 0.25) is 0 Å². The summed E-state index contributed by atoms with van der Waals surface area (Å²) in [7, 11) is 0. The van der Waals surface area contributed by atoms with Crippen LogP contribution in [0.25, 0.3) is 0 Å². The van der Waals surface area contributed by atoms with Crippen molar-refractivity contribution in [2.24, 2.45) is 5.41 Å². The van der Waals surface area contributed by atoms with Crippen molar-refractivity contribution in [1.29, 1.82) is 0 Å². The first-order valence-corrected chi connectivity index (χ1v) is 5.45. The van der Waals surface area contributed by atoms with Crippen LogP contribution in [0, 0.1) is 17.8 Å². The van der Waals surface area contributed by atoms with Gasteiger partial charge < -0.3 is 0 Å². The first-order valence-electron chi connectivity index (χ1n) is 5.45. The Hall–Kier alpha value is -0.520. The van der Waals surface area contributed by atoms with E-state index < -0.39 is 0 Å². The second-order valence-corrected chi connectivity index (χ2v) is 4.90. The van der Waals surface area contributed by atoms with E-state index in [1.165, 1.54) is 32.1 Å². The Labute approximate surface area is 87.4 Å². The molecule has 1 rings (SSSR count). The fraction of sp³-hybridized carbons (Fsp3) is 0.833. The van der Waals surface area contributed by atoms with Gasteiger partial charge in [-0.2, -0.15) is 5.48 Å². The molecule has 14 heavy (non-hydrogen) atoms. The maximum Gasteiger partial charge on any atom is 0.128 e. The summed E-state index contributed by atoms with van der Waals surface area (Å²) >= 11 is 0. The molecule has 0 heterocycles. The predicted molar refractivity (Wildman–Crippen MR) is 58.6 cm³/mol. The quantitative estimate of drug-likeness (QED) is 0.323. The van der Waals surface area contributed by atoms with Crippen LogP contribution in [-0.4, -0.2) is 12.6 Å². The molecule has 2 nitrogen and oxygen atoms in total. The summed E-state index contributed by atoms with van der Waals surface area (Å²) in [6.45, 7) is 5.05. The Balaban J connectivity index is 2.25. The van der Waals surface area contributed by atoms with E-state index in [0.717, 1.165) is 0 Å². The lowest BCUT2D eigenvalue weighted by molar-refractivity contribution is 0.0334. The van der Waals surface area contributed by atoms with Crippen LogP contribution in [0.3, 0.4) is 0 Å². The SMILES string of the molecule is C#CCONC1CCCC(C)(C)CC1. The zero-order valence-corrected chi connectivity index (χ0v) is 9.31. The Morgan fingerprint density at radius 2 is 2.21 bits per heavy atom. The summed E-state index contributed by atoms with van der Waals surface area (Å²) in [6, 6.07) is 0.491. The lowest BCUT2D eigenvalue weighted by Gasteiger charge is -2.21. The molecule has 2 heteroatoms. The van der Waals surface area contributed by atoms with E-state index in [1.807, 2.05) is 0 Å². The summed E-state index contributed by atoms with van der Waals surface area (Å²) in [6.07, 6.45) is 11.4. The fourth-order valence-corrected chi connectivity index (χ4v) is 1.98. The Bertz CT molecular complexity index is 205. The molecule has 0 saturated heterocycles. The Morgan fingerprint density at radius 3 is 2.93 bits per heavy atom. The Kier molecular flexibility index (Phi) is 4.44. The molecule has 0 aromatic heterocycles. The van der Waals surface area contributed by atoms with E-state index in [-0.39, 0.29) is 0 Å². The molecule has 0 amide bonds. The lowest BCUT2D eigenvalue weighted by atomic mass is 9.85. The van der Waals surface area contributed by atoms with Crippen LogP contribution in [0.1, 0.15) is 46.0 Å². The highest BCUT2D eigenvalue weighted by molar-refractivity contribution is 4.83. The molecule has 0 spiro atoms. The highest BCUT2D eigenvalue weighted by atomic mass is 16.6. The molecule has 1 fully saturated rings. The van der Waals surface area contributed by atoms with E-state index in [2.05, 4.69) is 25.2 Å². The largest absolute Gasteiger partial charge is 0.289 e. The van der Waals surface area contributed by atoms with Gasteiger partial charge in [-0.15, -0.1) is 6.42 Å². The summed E-state index contributed by atoms with van der Waals surface area (Å²) in [5.74, 6) is 2.45. The molecule has 0 bridgehead atoms. The molecule has 80 valence electrons. The molecule has 1 N–H and O–H groups in total. The average Bonchev–Trinajstić information content (AvgIpc) is 2.28. The van der Waals surface area contributed by atoms with Crippen LogP contribution in [0.2, 0.25) is 0 Å². The van der Waals surface area contributed by atoms with Crippen LogP contribution < -0.4 is 5.48 Å². The van der Waals surface area contributed by atoms with Crippen LogP contribution in [0.5, 0.6) is 0 Å². The van der Waals surface area contributed by atoms with Crippen LogP contribution >= 0.6 is 0 Å². The van der Waals surface area contributed by atoms with Crippen LogP contribution in [-0.2, 0) is 4.84 Å². The van der Waals surface area contributed by atoms with Gasteiger partial charge in [0.1, 0.15) is 6.61 Å². The van der Waals surface area contributed by atoms with Gasteiger partial charge in [0, 0.05) is 6.04 Å². The summed E-state index contributed by atoms with van der Waals surface area (Å²) in [5.41, 5.74) is 3.56. The summed E-state index contributed by atoms with van der Waals surface area (Å²) in [5, 5.41) is 0. The van der Waals surface area contributed by atoms with Crippen molar-refractivity contribution in [3.63, 3.8) is 0 Å². The molecular weight excluding hydrogens is 174 g/mol. The highest BCUT2D eigenvalue weighted by Crippen LogP contribution is 2.33. The van der Waals surface area contributed by atoms with E-state index in [1.54, 1.807) is 0 Å². The van der Waals surface area contributed by atoms with Gasteiger partial charge >= 0.3 is 0 Å². The molecule has 0 aromatic rings. The molecular formula is C12H21NO. The van der Waals surface area contributed by atoms with Crippen molar-refractivity contribution in [2.45, 2.75) is 52.0 Å². The van der Waals surface area contributed by atoms with Crippen LogP contribution in [0.15, 0.2) is 0 Å². The monoisotopic (exact) mass is 195 g/mol. The van der Waals surface area contributed by atoms with E-state index in [9.17, 15) is 0 Å². The highest BCUT2D eigenvalue weighted by Gasteiger charge is 2.24. The third-order valence-corrected chi connectivity index (χ3v) is 2.98. The third kappa shape index (κ3) is 4.13. The molecule has 0 radical (unpaired) electrons. The first kappa shape index (κ1) is 11.6. The number of hydrogen-bond donors (Lipinski definition) is 1. The molecule has 1 atom stereocenters. The van der Waals surface area contributed by atoms with Gasteiger partial charge in [-0.1, -0.05) is 26.2 Å². The minimum Gasteiger partial charge on any atom is -0.289 e. The standard InChI is InChI=1S/C12H21NO/c1-4-10-14-13-11-6-5-8-12(2,3)9-7-11/h1,11,13H,5-10H2,2-3H3. The lowest BCUT2D eigenvalue weighted by Crippen LogP contribution is -2.29. The van der Waals surface area contributed by atoms with E-state index in [0.29, 0.717) is 18.1 Å². The van der Waals surface area contributed by atoms with Crippen molar-refractivity contribution in [1.82, 2.24) is 5.48 Å². The number of hydrogen-bond acceptors (Lipinski definition) is 2. The van der Waals surface area contributed by atoms with Gasteiger partial charge in [0.15, 0.2) is 0 Å². The van der Waals surface area contributed by atoms with E-state index >= 15 is 0 Å². The number of hydroxylamine groups is 1. The minimum atomic E-state index is 0.361. The second-order valence-electron chi connectivity index (χ2n) is 4.90. The number of rotatable bonds is 3. The molecule has 0 aromatic carbocycles. The van der Waals surface area contributed by atoms with E-state index in [4.69, 9.17) is 11.3 Å². The normalized spacial score (nSPS) is 26.5. The van der Waals surface area contributed by atoms with Crippen molar-refractivity contribution < 1.29 is 4.84 Å². The minimum absolute atomic E-state index is 0.361. The van der Waals surface area contributed by atoms with Crippen LogP contribution in [0.4, 0.5) is 0 Å². The third-order valence-electron chi connectivity index (χ3n) is 2.98. The topological polar surface area (TPSA) is 21.3 Å². The van der Waals surface area contributed by atoms with Crippen molar-refractivity contribution in [3.05, 3.63) is 0 Å². The first-order chi connectivity index (χ1) is 6.64. The van der Waals surface area contributed by atoms with Gasteiger partial charge in [0.25, 0.3) is 0 Å². The number of terminal acetylenes is 1. The fourth-order valence-electron chi connectivity index (χ4n) is 1.98. The molecule has 0 aliphatic heterocycles. The maximum absolute atomic E-state index is 5.16. The van der Waals surface area contributed by atoms with Crippen molar-refractivity contribution >= 4 is 0 Å². The van der Waals surface area contributed by atoms with Gasteiger partial charge in [-0.05, 0) is 31.1 Å². The summed E-state index contributed by atoms with van der Waals surface area (Å²) < 4.78 is 0. The summed E-state index contributed by atoms with van der Waals surface area (Å²) in [4.78, 5) is 5.16. The van der Waals surface area contributed by atoms with Crippen molar-refractivity contribution in [2.75, 3.05) is 6.61 Å². The molecule has 1 aliphatic rings. The van der Waals surface area contributed by atoms with Gasteiger partial charge in [-0.25, -0.2) is 0 Å². The maximum atomic E-state index is 5.16. The molecule has 1 unspecified atom stereocenters. The molecule has 1 aliphatic carbocycles. The average molecular weight is 195 g/mol. The van der Waals surface area contributed by atoms with Gasteiger partial charge in [-0.3, -0.25) is 4.84 Å². The zero-order chi connectivity index (χ0) is 10.4. The van der Waals surface area contributed by atoms with Gasteiger partial charge in [0.05, 0.1) is 0 Å².